The minimum atomic E-state index is -1.27. The molecule has 0 bridgehead atoms. The normalized spacial score (nSPS) is 25.1. The van der Waals surface area contributed by atoms with Gasteiger partial charge < -0.3 is 14.7 Å². The van der Waals surface area contributed by atoms with Crippen LogP contribution in [0.4, 0.5) is 4.79 Å². The van der Waals surface area contributed by atoms with Gasteiger partial charge in [0.05, 0.1) is 0 Å². The number of carbonyl (C=O) groups is 1. The minimum absolute atomic E-state index is 0.285. The highest BCUT2D eigenvalue weighted by atomic mass is 32.2. The number of hydrogen-bond donors (Lipinski definition) is 1. The first-order chi connectivity index (χ1) is 11.2. The smallest absolute Gasteiger partial charge is 0.410 e. The first-order valence-electron chi connectivity index (χ1n) is 9.14. The lowest BCUT2D eigenvalue weighted by Gasteiger charge is -2.49. The molecule has 2 aliphatic rings. The number of piperidine rings is 1. The summed E-state index contributed by atoms with van der Waals surface area (Å²) in [6, 6.07) is 0. The molecular weight excluding hydrogens is 326 g/mol. The summed E-state index contributed by atoms with van der Waals surface area (Å²) in [6.07, 6.45) is 8.54. The first-order valence-corrected chi connectivity index (χ1v) is 10.8. The summed E-state index contributed by atoms with van der Waals surface area (Å²) in [5, 5.41) is 10.7. The Balaban J connectivity index is 2.09. The third-order valence-electron chi connectivity index (χ3n) is 5.57. The quantitative estimate of drug-likeness (QED) is 0.840. The van der Waals surface area contributed by atoms with Crippen molar-refractivity contribution in [3.63, 3.8) is 0 Å². The van der Waals surface area contributed by atoms with E-state index in [9.17, 15) is 14.1 Å². The Hall–Kier alpha value is -0.620. The van der Waals surface area contributed by atoms with E-state index in [4.69, 9.17) is 4.74 Å². The lowest BCUT2D eigenvalue weighted by atomic mass is 9.64. The standard InChI is InChI=1S/C18H33NO4S/c1-17(2,3)23-16(21)19-12-10-18(11-13-19,15(20)24(4)22)14-8-6-5-7-9-14/h14-15,20H,5-13H2,1-4H3. The third-order valence-corrected chi connectivity index (χ3v) is 6.67. The van der Waals surface area contributed by atoms with Crippen LogP contribution in [0, 0.1) is 11.3 Å². The van der Waals surface area contributed by atoms with Crippen LogP contribution < -0.4 is 0 Å². The van der Waals surface area contributed by atoms with Crippen molar-refractivity contribution in [1.29, 1.82) is 0 Å². The fourth-order valence-electron chi connectivity index (χ4n) is 4.30. The number of hydrogen-bond acceptors (Lipinski definition) is 4. The van der Waals surface area contributed by atoms with Crippen LogP contribution in [0.3, 0.4) is 0 Å². The van der Waals surface area contributed by atoms with Crippen LogP contribution in [0.2, 0.25) is 0 Å². The molecule has 0 aromatic rings. The van der Waals surface area contributed by atoms with E-state index >= 15 is 0 Å². The zero-order chi connectivity index (χ0) is 18.0. The van der Waals surface area contributed by atoms with E-state index in [0.29, 0.717) is 31.8 Å². The van der Waals surface area contributed by atoms with Crippen LogP contribution >= 0.6 is 0 Å². The molecule has 1 aliphatic heterocycles. The second-order valence-corrected chi connectivity index (χ2v) is 9.83. The molecule has 1 saturated carbocycles. The average Bonchev–Trinajstić information content (AvgIpc) is 2.53. The number of likely N-dealkylation sites (tertiary alicyclic amines) is 1. The Morgan fingerprint density at radius 2 is 1.75 bits per heavy atom. The van der Waals surface area contributed by atoms with E-state index in [1.165, 1.54) is 19.3 Å². The number of carbonyl (C=O) groups excluding carboxylic acids is 1. The number of aliphatic hydroxyl groups is 1. The van der Waals surface area contributed by atoms with Gasteiger partial charge in [-0.2, -0.15) is 0 Å². The van der Waals surface area contributed by atoms with Gasteiger partial charge in [-0.25, -0.2) is 4.79 Å². The van der Waals surface area contributed by atoms with Crippen molar-refractivity contribution >= 4 is 16.9 Å². The molecule has 1 amide bonds. The van der Waals surface area contributed by atoms with Crippen LogP contribution in [0.15, 0.2) is 0 Å². The van der Waals surface area contributed by atoms with Crippen molar-refractivity contribution in [3.8, 4) is 0 Å². The summed E-state index contributed by atoms with van der Waals surface area (Å²) in [6.45, 7) is 6.74. The molecular formula is C18H33NO4S. The van der Waals surface area contributed by atoms with Gasteiger partial charge in [0.2, 0.25) is 0 Å². The monoisotopic (exact) mass is 359 g/mol. The molecule has 2 unspecified atom stereocenters. The molecule has 5 nitrogen and oxygen atoms in total. The highest BCUT2D eigenvalue weighted by Crippen LogP contribution is 2.49. The van der Waals surface area contributed by atoms with Crippen LogP contribution in [-0.4, -0.2) is 50.7 Å². The summed E-state index contributed by atoms with van der Waals surface area (Å²) in [5.74, 6) is 0.408. The van der Waals surface area contributed by atoms with Gasteiger partial charge in [0, 0.05) is 35.6 Å². The van der Waals surface area contributed by atoms with Crippen molar-refractivity contribution in [1.82, 2.24) is 4.90 Å². The summed E-state index contributed by atoms with van der Waals surface area (Å²) in [5.41, 5.74) is -1.63. The molecule has 1 aliphatic carbocycles. The zero-order valence-corrected chi connectivity index (χ0v) is 16.4. The lowest BCUT2D eigenvalue weighted by Crippen LogP contribution is -2.53. The molecule has 0 spiro atoms. The van der Waals surface area contributed by atoms with Crippen molar-refractivity contribution in [2.75, 3.05) is 19.3 Å². The maximum atomic E-state index is 12.3. The predicted molar refractivity (Wildman–Crippen MR) is 96.1 cm³/mol. The number of nitrogens with zero attached hydrogens (tertiary/aromatic N) is 1. The van der Waals surface area contributed by atoms with E-state index in [1.807, 2.05) is 20.8 Å². The van der Waals surface area contributed by atoms with Crippen molar-refractivity contribution < 1.29 is 18.8 Å². The van der Waals surface area contributed by atoms with E-state index in [2.05, 4.69) is 0 Å². The van der Waals surface area contributed by atoms with Crippen molar-refractivity contribution in [2.45, 2.75) is 76.8 Å². The summed E-state index contributed by atoms with van der Waals surface area (Å²) in [7, 11) is -1.27. The van der Waals surface area contributed by atoms with Crippen molar-refractivity contribution in [2.24, 2.45) is 11.3 Å². The molecule has 1 heterocycles. The Morgan fingerprint density at radius 3 is 2.21 bits per heavy atom. The van der Waals surface area contributed by atoms with Crippen LogP contribution in [0.25, 0.3) is 0 Å². The Bertz CT molecular complexity index is 460. The molecule has 0 aromatic heterocycles. The maximum Gasteiger partial charge on any atom is 0.410 e. The molecule has 140 valence electrons. The van der Waals surface area contributed by atoms with Gasteiger partial charge in [-0.05, 0) is 52.4 Å². The topological polar surface area (TPSA) is 66.8 Å². The third kappa shape index (κ3) is 4.51. The SMILES string of the molecule is CS(=O)C(O)C1(C2CCCCC2)CCN(C(=O)OC(C)(C)C)CC1. The Morgan fingerprint density at radius 1 is 1.21 bits per heavy atom. The van der Waals surface area contributed by atoms with Crippen LogP contribution in [0.1, 0.15) is 65.7 Å². The molecule has 1 N–H and O–H groups in total. The molecule has 2 rings (SSSR count). The highest BCUT2D eigenvalue weighted by Gasteiger charge is 2.49. The van der Waals surface area contributed by atoms with Gasteiger partial charge in [-0.15, -0.1) is 0 Å². The van der Waals surface area contributed by atoms with E-state index in [-0.39, 0.29) is 11.5 Å². The van der Waals surface area contributed by atoms with Gasteiger partial charge in [-0.1, -0.05) is 19.3 Å². The first kappa shape index (κ1) is 19.7. The van der Waals surface area contributed by atoms with E-state index < -0.39 is 21.8 Å². The number of aliphatic hydroxyl groups excluding tert-OH is 1. The molecule has 2 atom stereocenters. The average molecular weight is 360 g/mol. The Labute approximate surface area is 148 Å². The summed E-state index contributed by atoms with van der Waals surface area (Å²) in [4.78, 5) is 14.0. The fraction of sp³-hybridized carbons (Fsp3) is 0.944. The predicted octanol–water partition coefficient (Wildman–Crippen LogP) is 3.28. The van der Waals surface area contributed by atoms with Crippen LogP contribution in [-0.2, 0) is 15.5 Å². The molecule has 24 heavy (non-hydrogen) atoms. The minimum Gasteiger partial charge on any atom is -0.444 e. The van der Waals surface area contributed by atoms with Gasteiger partial charge in [0.25, 0.3) is 0 Å². The number of amides is 1. The maximum absolute atomic E-state index is 12.3. The molecule has 1 saturated heterocycles. The molecule has 0 aromatic carbocycles. The summed E-state index contributed by atoms with van der Waals surface area (Å²) < 4.78 is 17.5. The fourth-order valence-corrected chi connectivity index (χ4v) is 5.39. The van der Waals surface area contributed by atoms with Crippen LogP contribution in [0.5, 0.6) is 0 Å². The number of rotatable bonds is 3. The second kappa shape index (κ2) is 7.73. The van der Waals surface area contributed by atoms with E-state index in [0.717, 1.165) is 12.8 Å². The van der Waals surface area contributed by atoms with Gasteiger partial charge in [0.1, 0.15) is 11.0 Å². The summed E-state index contributed by atoms with van der Waals surface area (Å²) >= 11 is 0. The largest absolute Gasteiger partial charge is 0.444 e. The Kier molecular flexibility index (Phi) is 6.35. The molecule has 6 heteroatoms. The van der Waals surface area contributed by atoms with E-state index in [1.54, 1.807) is 11.2 Å². The lowest BCUT2D eigenvalue weighted by molar-refractivity contribution is -0.0431. The highest BCUT2D eigenvalue weighted by molar-refractivity contribution is 7.84. The van der Waals surface area contributed by atoms with Gasteiger partial charge in [-0.3, -0.25) is 4.21 Å². The van der Waals surface area contributed by atoms with Crippen molar-refractivity contribution in [3.05, 3.63) is 0 Å². The van der Waals surface area contributed by atoms with Gasteiger partial charge in [0.15, 0.2) is 0 Å². The number of ether oxygens (including phenoxy) is 1. The van der Waals surface area contributed by atoms with Gasteiger partial charge >= 0.3 is 6.09 Å². The molecule has 2 fully saturated rings. The second-order valence-electron chi connectivity index (χ2n) is 8.39. The molecule has 0 radical (unpaired) electrons. The zero-order valence-electron chi connectivity index (χ0n) is 15.5.